The van der Waals surface area contributed by atoms with Crippen molar-refractivity contribution in [1.29, 1.82) is 0 Å². The van der Waals surface area contributed by atoms with Crippen LogP contribution >= 0.6 is 17.0 Å². The first-order valence-corrected chi connectivity index (χ1v) is 3.77. The molecular weight excluding hydrogens is 213 g/mol. The molecule has 0 heterocycles. The Hall–Kier alpha value is 0.573. The summed E-state index contributed by atoms with van der Waals surface area (Å²) < 4.78 is 4.29. The molecule has 0 aliphatic heterocycles. The topological polar surface area (TPSA) is 26.3 Å². The average Bonchev–Trinajstić information content (AvgIpc) is 1.65. The van der Waals surface area contributed by atoms with Gasteiger partial charge in [-0.15, -0.1) is 17.0 Å². The van der Waals surface area contributed by atoms with Crippen molar-refractivity contribution in [3.63, 3.8) is 0 Å². The summed E-state index contributed by atoms with van der Waals surface area (Å²) in [4.78, 5) is 9.99. The summed E-state index contributed by atoms with van der Waals surface area (Å²) >= 11 is 0.993. The van der Waals surface area contributed by atoms with Crippen LogP contribution in [-0.2, 0) is 27.8 Å². The first-order valence-electron chi connectivity index (χ1n) is 1.67. The SMILES string of the molecule is Br.COC(=O)[CH2][Zn]. The van der Waals surface area contributed by atoms with Crippen molar-refractivity contribution >= 4 is 23.0 Å². The molecule has 0 aromatic carbocycles. The normalized spacial score (nSPS) is 6.71. The van der Waals surface area contributed by atoms with Gasteiger partial charge in [-0.25, -0.2) is 0 Å². The molecule has 2 nitrogen and oxygen atoms in total. The Morgan fingerprint density at radius 2 is 2.29 bits per heavy atom. The van der Waals surface area contributed by atoms with Crippen molar-refractivity contribution in [2.75, 3.05) is 7.11 Å². The van der Waals surface area contributed by atoms with E-state index in [0.717, 1.165) is 18.3 Å². The van der Waals surface area contributed by atoms with E-state index in [9.17, 15) is 4.79 Å². The maximum atomic E-state index is 9.99. The summed E-state index contributed by atoms with van der Waals surface area (Å²) in [6, 6.07) is 0. The molecule has 0 aliphatic rings. The summed E-state index contributed by atoms with van der Waals surface area (Å²) in [5, 5.41) is 0.594. The predicted molar refractivity (Wildman–Crippen MR) is 27.1 cm³/mol. The number of methoxy groups -OCH3 is 1. The zero-order valence-corrected chi connectivity index (χ0v) is 8.82. The minimum atomic E-state index is -0.102. The van der Waals surface area contributed by atoms with Crippen LogP contribution in [0, 0.1) is 0 Å². The van der Waals surface area contributed by atoms with Gasteiger partial charge in [0.1, 0.15) is 0 Å². The molecule has 0 rings (SSSR count). The van der Waals surface area contributed by atoms with Gasteiger partial charge in [0.15, 0.2) is 0 Å². The standard InChI is InChI=1S/C3H5O2.BrH.Zn/c1-3(4)5-2;;/h1H2,2H3;1H;. The second kappa shape index (κ2) is 6.57. The molecule has 0 aromatic rings. The van der Waals surface area contributed by atoms with Crippen LogP contribution in [0.25, 0.3) is 0 Å². The van der Waals surface area contributed by atoms with E-state index in [1.54, 1.807) is 0 Å². The summed E-state index contributed by atoms with van der Waals surface area (Å²) in [6.07, 6.45) is 0. The van der Waals surface area contributed by atoms with E-state index in [4.69, 9.17) is 0 Å². The Morgan fingerprint density at radius 1 is 1.86 bits per heavy atom. The Balaban J connectivity index is 0. The van der Waals surface area contributed by atoms with Gasteiger partial charge in [-0.2, -0.15) is 0 Å². The maximum absolute atomic E-state index is 9.99. The van der Waals surface area contributed by atoms with Gasteiger partial charge in [0, 0.05) is 0 Å². The number of carbonyl (C=O) groups excluding carboxylic acids is 1. The van der Waals surface area contributed by atoms with E-state index < -0.39 is 0 Å². The first-order chi connectivity index (χ1) is 2.81. The number of halogens is 1. The summed E-state index contributed by atoms with van der Waals surface area (Å²) in [6.45, 7) is 0. The van der Waals surface area contributed by atoms with Crippen molar-refractivity contribution in [2.45, 2.75) is 5.02 Å². The van der Waals surface area contributed by atoms with Crippen molar-refractivity contribution < 1.29 is 27.8 Å². The Bertz CT molecular complexity index is 50.9. The molecule has 7 heavy (non-hydrogen) atoms. The van der Waals surface area contributed by atoms with E-state index in [0.29, 0.717) is 5.02 Å². The number of esters is 1. The van der Waals surface area contributed by atoms with E-state index in [-0.39, 0.29) is 23.0 Å². The van der Waals surface area contributed by atoms with Crippen LogP contribution in [0.1, 0.15) is 0 Å². The zero-order valence-electron chi connectivity index (χ0n) is 4.14. The fourth-order valence-electron chi connectivity index (χ4n) is 0.102. The third kappa shape index (κ3) is 6.57. The molecule has 39 valence electrons. The molecule has 0 amide bonds. The van der Waals surface area contributed by atoms with E-state index in [2.05, 4.69) is 4.74 Å². The summed E-state index contributed by atoms with van der Waals surface area (Å²) in [7, 11) is 1.40. The number of ether oxygens (including phenoxy) is 1. The monoisotopic (exact) mass is 217 g/mol. The van der Waals surface area contributed by atoms with E-state index in [1.165, 1.54) is 7.11 Å². The van der Waals surface area contributed by atoms with Crippen LogP contribution in [0.4, 0.5) is 0 Å². The van der Waals surface area contributed by atoms with Gasteiger partial charge < -0.3 is 0 Å². The van der Waals surface area contributed by atoms with Gasteiger partial charge in [-0.05, 0) is 0 Å². The third-order valence-electron chi connectivity index (χ3n) is 0.432. The predicted octanol–water partition coefficient (Wildman–Crippen LogP) is 0.702. The fraction of sp³-hybridized carbons (Fsp3) is 0.667. The number of rotatable bonds is 1. The Kier molecular flexibility index (Phi) is 9.89. The minimum absolute atomic E-state index is 0. The average molecular weight is 219 g/mol. The summed E-state index contributed by atoms with van der Waals surface area (Å²) in [5.74, 6) is -0.102. The number of carbonyl (C=O) groups is 1. The van der Waals surface area contributed by atoms with Gasteiger partial charge >= 0.3 is 45.9 Å². The number of hydrogen-bond donors (Lipinski definition) is 0. The molecule has 0 bridgehead atoms. The van der Waals surface area contributed by atoms with Gasteiger partial charge in [0.25, 0.3) is 0 Å². The van der Waals surface area contributed by atoms with Crippen molar-refractivity contribution in [1.82, 2.24) is 0 Å². The van der Waals surface area contributed by atoms with Crippen LogP contribution in [0.5, 0.6) is 0 Å². The van der Waals surface area contributed by atoms with Crippen LogP contribution in [0.3, 0.4) is 0 Å². The van der Waals surface area contributed by atoms with E-state index in [1.807, 2.05) is 0 Å². The van der Waals surface area contributed by atoms with Crippen molar-refractivity contribution in [3.05, 3.63) is 0 Å². The van der Waals surface area contributed by atoms with Gasteiger partial charge in [0.2, 0.25) is 0 Å². The van der Waals surface area contributed by atoms with Crippen molar-refractivity contribution in [2.24, 2.45) is 0 Å². The third-order valence-corrected chi connectivity index (χ3v) is 1.29. The van der Waals surface area contributed by atoms with Crippen molar-refractivity contribution in [3.8, 4) is 0 Å². The van der Waals surface area contributed by atoms with Gasteiger partial charge in [-0.3, -0.25) is 0 Å². The second-order valence-electron chi connectivity index (χ2n) is 0.826. The molecule has 0 spiro atoms. The molecule has 0 aromatic heterocycles. The van der Waals surface area contributed by atoms with Gasteiger partial charge in [-0.1, -0.05) is 0 Å². The summed E-state index contributed by atoms with van der Waals surface area (Å²) in [5.41, 5.74) is 0. The second-order valence-corrected chi connectivity index (χ2v) is 1.88. The molecule has 0 unspecified atom stereocenters. The quantitative estimate of drug-likeness (QED) is 0.479. The molecule has 0 saturated carbocycles. The van der Waals surface area contributed by atoms with Crippen LogP contribution in [0.15, 0.2) is 0 Å². The zero-order chi connectivity index (χ0) is 4.99. The molecule has 0 fully saturated rings. The molecule has 0 atom stereocenters. The van der Waals surface area contributed by atoms with Crippen LogP contribution < -0.4 is 0 Å². The Labute approximate surface area is 63.1 Å². The molecule has 0 aliphatic carbocycles. The van der Waals surface area contributed by atoms with Crippen LogP contribution in [-0.4, -0.2) is 13.1 Å². The Morgan fingerprint density at radius 3 is 2.29 bits per heavy atom. The van der Waals surface area contributed by atoms with E-state index >= 15 is 0 Å². The fourth-order valence-corrected chi connectivity index (χ4v) is 0.530. The molecule has 0 N–H and O–H groups in total. The molecule has 0 saturated heterocycles. The molecule has 4 heteroatoms. The molecular formula is C3H6BrO2Zn. The van der Waals surface area contributed by atoms with Gasteiger partial charge in [0.05, 0.1) is 0 Å². The van der Waals surface area contributed by atoms with Crippen LogP contribution in [0.2, 0.25) is 5.02 Å². The number of hydrogen-bond acceptors (Lipinski definition) is 2. The molecule has 0 radical (unpaired) electrons. The first kappa shape index (κ1) is 10.5.